The molecule has 0 amide bonds. The van der Waals surface area contributed by atoms with Crippen LogP contribution in [0, 0.1) is 11.8 Å². The van der Waals surface area contributed by atoms with Crippen molar-refractivity contribution in [2.24, 2.45) is 0 Å². The topological polar surface area (TPSA) is 43.4 Å². The molecule has 4 heteroatoms. The molecule has 0 aliphatic heterocycles. The number of hydrogen-bond donors (Lipinski definition) is 0. The van der Waals surface area contributed by atoms with Crippen molar-refractivity contribution in [3.8, 4) is 11.8 Å². The lowest BCUT2D eigenvalue weighted by Gasteiger charge is -1.99. The molecule has 17 heavy (non-hydrogen) atoms. The van der Waals surface area contributed by atoms with Crippen LogP contribution < -0.4 is 0 Å². The molecule has 1 atom stereocenters. The number of carbonyl (C=O) groups is 1. The second kappa shape index (κ2) is 7.64. The lowest BCUT2D eigenvalue weighted by atomic mass is 10.3. The summed E-state index contributed by atoms with van der Waals surface area (Å²) in [5.41, 5.74) is 0. The van der Waals surface area contributed by atoms with Crippen LogP contribution in [0.2, 0.25) is 0 Å². The molecule has 1 unspecified atom stereocenters. The van der Waals surface area contributed by atoms with Crippen molar-refractivity contribution in [3.63, 3.8) is 0 Å². The van der Waals surface area contributed by atoms with Crippen molar-refractivity contribution in [1.29, 1.82) is 0 Å². The van der Waals surface area contributed by atoms with Crippen molar-refractivity contribution in [2.45, 2.75) is 17.7 Å². The smallest absolute Gasteiger partial charge is 0.384 e. The van der Waals surface area contributed by atoms with Crippen LogP contribution in [0.1, 0.15) is 12.8 Å². The molecule has 1 aromatic rings. The highest BCUT2D eigenvalue weighted by molar-refractivity contribution is 7.85. The zero-order chi connectivity index (χ0) is 12.5. The van der Waals surface area contributed by atoms with E-state index >= 15 is 0 Å². The van der Waals surface area contributed by atoms with E-state index in [1.165, 1.54) is 7.11 Å². The van der Waals surface area contributed by atoms with Crippen LogP contribution in [-0.4, -0.2) is 23.0 Å². The summed E-state index contributed by atoms with van der Waals surface area (Å²) in [5.74, 6) is 5.04. The fourth-order valence-corrected chi connectivity index (χ4v) is 2.27. The number of rotatable bonds is 4. The molecule has 0 saturated carbocycles. The molecular formula is C13H14O3S. The second-order valence-corrected chi connectivity index (χ2v) is 4.83. The molecule has 0 N–H and O–H groups in total. The first kappa shape index (κ1) is 13.5. The zero-order valence-electron chi connectivity index (χ0n) is 9.64. The van der Waals surface area contributed by atoms with Crippen molar-refractivity contribution in [1.82, 2.24) is 0 Å². The third-order valence-corrected chi connectivity index (χ3v) is 3.47. The molecule has 0 aliphatic carbocycles. The number of benzene rings is 1. The Bertz CT molecular complexity index is 443. The van der Waals surface area contributed by atoms with E-state index in [0.717, 1.165) is 4.90 Å². The van der Waals surface area contributed by atoms with Gasteiger partial charge in [0.2, 0.25) is 0 Å². The van der Waals surface area contributed by atoms with Crippen LogP contribution in [0.4, 0.5) is 0 Å². The average Bonchev–Trinajstić information content (AvgIpc) is 2.38. The number of unbranched alkanes of at least 4 members (excludes halogenated alkanes) is 1. The van der Waals surface area contributed by atoms with E-state index in [9.17, 15) is 9.00 Å². The molecule has 0 saturated heterocycles. The van der Waals surface area contributed by atoms with Gasteiger partial charge in [0.1, 0.15) is 0 Å². The maximum Gasteiger partial charge on any atom is 0.384 e. The van der Waals surface area contributed by atoms with Gasteiger partial charge >= 0.3 is 5.97 Å². The zero-order valence-corrected chi connectivity index (χ0v) is 10.5. The minimum absolute atomic E-state index is 0.533. The highest BCUT2D eigenvalue weighted by atomic mass is 32.2. The molecule has 0 aromatic heterocycles. The first-order chi connectivity index (χ1) is 8.24. The van der Waals surface area contributed by atoms with E-state index in [4.69, 9.17) is 0 Å². The quantitative estimate of drug-likeness (QED) is 0.354. The van der Waals surface area contributed by atoms with Gasteiger partial charge in [-0.15, -0.1) is 0 Å². The Morgan fingerprint density at radius 2 is 2.06 bits per heavy atom. The van der Waals surface area contributed by atoms with Crippen LogP contribution >= 0.6 is 0 Å². The highest BCUT2D eigenvalue weighted by Gasteiger charge is 2.01. The van der Waals surface area contributed by atoms with E-state index in [1.54, 1.807) is 0 Å². The Kier molecular flexibility index (Phi) is 6.05. The first-order valence-corrected chi connectivity index (χ1v) is 6.56. The number of ether oxygens (including phenoxy) is 1. The van der Waals surface area contributed by atoms with Crippen LogP contribution in [0.5, 0.6) is 0 Å². The Morgan fingerprint density at radius 1 is 1.35 bits per heavy atom. The summed E-state index contributed by atoms with van der Waals surface area (Å²) < 4.78 is 16.1. The van der Waals surface area contributed by atoms with Crippen LogP contribution in [0.3, 0.4) is 0 Å². The third kappa shape index (κ3) is 5.32. The summed E-state index contributed by atoms with van der Waals surface area (Å²) in [7, 11) is 0.310. The number of carbonyl (C=O) groups excluding carboxylic acids is 1. The number of methoxy groups -OCH3 is 1. The minimum atomic E-state index is -0.983. The predicted octanol–water partition coefficient (Wildman–Crippen LogP) is 1.75. The van der Waals surface area contributed by atoms with Gasteiger partial charge in [0.15, 0.2) is 0 Å². The standard InChI is InChI=1S/C13H14O3S/c1-16-13(14)10-6-3-7-11-17(15)12-8-4-2-5-9-12/h2,4-5,8-9H,3,7,11H2,1H3. The van der Waals surface area contributed by atoms with Crippen LogP contribution in [-0.2, 0) is 20.3 Å². The van der Waals surface area contributed by atoms with E-state index in [0.29, 0.717) is 18.6 Å². The van der Waals surface area contributed by atoms with E-state index in [-0.39, 0.29) is 0 Å². The molecule has 0 radical (unpaired) electrons. The SMILES string of the molecule is COC(=O)C#CCCCS(=O)c1ccccc1. The Hall–Kier alpha value is -1.60. The minimum Gasteiger partial charge on any atom is -0.459 e. The number of hydrogen-bond acceptors (Lipinski definition) is 3. The van der Waals surface area contributed by atoms with Crippen molar-refractivity contribution in [2.75, 3.05) is 12.9 Å². The summed E-state index contributed by atoms with van der Waals surface area (Å²) in [6.07, 6.45) is 1.25. The predicted molar refractivity (Wildman–Crippen MR) is 66.7 cm³/mol. The summed E-state index contributed by atoms with van der Waals surface area (Å²) in [4.78, 5) is 11.5. The summed E-state index contributed by atoms with van der Waals surface area (Å²) in [5, 5.41) is 0. The molecule has 1 aromatic carbocycles. The van der Waals surface area contributed by atoms with Gasteiger partial charge in [0, 0.05) is 23.0 Å². The largest absolute Gasteiger partial charge is 0.459 e. The van der Waals surface area contributed by atoms with Crippen LogP contribution in [0.15, 0.2) is 35.2 Å². The van der Waals surface area contributed by atoms with Gasteiger partial charge in [-0.05, 0) is 18.6 Å². The molecule has 0 fully saturated rings. The third-order valence-electron chi connectivity index (χ3n) is 2.01. The second-order valence-electron chi connectivity index (χ2n) is 3.26. The Labute approximate surface area is 104 Å². The molecule has 90 valence electrons. The van der Waals surface area contributed by atoms with Crippen LogP contribution in [0.25, 0.3) is 0 Å². The number of esters is 1. The van der Waals surface area contributed by atoms with Crippen molar-refractivity contribution >= 4 is 16.8 Å². The maximum atomic E-state index is 11.8. The molecule has 0 bridgehead atoms. The van der Waals surface area contributed by atoms with Gasteiger partial charge in [-0.1, -0.05) is 24.1 Å². The summed E-state index contributed by atoms with van der Waals surface area (Å²) in [6.45, 7) is 0. The van der Waals surface area contributed by atoms with E-state index in [2.05, 4.69) is 16.6 Å². The molecule has 0 spiro atoms. The Morgan fingerprint density at radius 3 is 2.71 bits per heavy atom. The Balaban J connectivity index is 2.30. The van der Waals surface area contributed by atoms with Gasteiger partial charge in [0.05, 0.1) is 17.9 Å². The molecule has 0 heterocycles. The van der Waals surface area contributed by atoms with Gasteiger partial charge in [-0.25, -0.2) is 4.79 Å². The molecule has 1 rings (SSSR count). The fourth-order valence-electron chi connectivity index (χ4n) is 1.17. The summed E-state index contributed by atoms with van der Waals surface area (Å²) in [6, 6.07) is 9.31. The van der Waals surface area contributed by atoms with E-state index in [1.807, 2.05) is 30.3 Å². The van der Waals surface area contributed by atoms with Gasteiger partial charge in [-0.2, -0.15) is 0 Å². The first-order valence-electron chi connectivity index (χ1n) is 5.24. The van der Waals surface area contributed by atoms with Gasteiger partial charge in [0.25, 0.3) is 0 Å². The average molecular weight is 250 g/mol. The molecule has 0 aliphatic rings. The normalized spacial score (nSPS) is 11.1. The van der Waals surface area contributed by atoms with Crippen molar-refractivity contribution < 1.29 is 13.7 Å². The maximum absolute atomic E-state index is 11.8. The molecular weight excluding hydrogens is 236 g/mol. The van der Waals surface area contributed by atoms with Crippen molar-refractivity contribution in [3.05, 3.63) is 30.3 Å². The van der Waals surface area contributed by atoms with Gasteiger partial charge < -0.3 is 4.74 Å². The fraction of sp³-hybridized carbons (Fsp3) is 0.308. The highest BCUT2D eigenvalue weighted by Crippen LogP contribution is 2.07. The summed E-state index contributed by atoms with van der Waals surface area (Å²) >= 11 is 0. The lowest BCUT2D eigenvalue weighted by Crippen LogP contribution is -1.98. The monoisotopic (exact) mass is 250 g/mol. The van der Waals surface area contributed by atoms with Gasteiger partial charge in [-0.3, -0.25) is 4.21 Å². The van der Waals surface area contributed by atoms with E-state index < -0.39 is 16.8 Å². The lowest BCUT2D eigenvalue weighted by molar-refractivity contribution is -0.133. The molecule has 3 nitrogen and oxygen atoms in total.